The summed E-state index contributed by atoms with van der Waals surface area (Å²) >= 11 is 0. The molecule has 4 heteroatoms. The van der Waals surface area contributed by atoms with E-state index in [0.717, 1.165) is 12.3 Å². The average molecular weight is 156 g/mol. The molecule has 0 saturated heterocycles. The maximum Gasteiger partial charge on any atom is 0.327 e. The van der Waals surface area contributed by atoms with E-state index in [1.165, 1.54) is 6.08 Å². The monoisotopic (exact) mass is 156 g/mol. The van der Waals surface area contributed by atoms with E-state index >= 15 is 0 Å². The van der Waals surface area contributed by atoms with Crippen LogP contribution in [0.4, 0.5) is 0 Å². The van der Waals surface area contributed by atoms with Gasteiger partial charge in [-0.05, 0) is 0 Å². The van der Waals surface area contributed by atoms with Gasteiger partial charge in [-0.25, -0.2) is 4.79 Å². The highest BCUT2D eigenvalue weighted by Gasteiger charge is 1.95. The van der Waals surface area contributed by atoms with Gasteiger partial charge in [0.1, 0.15) is 0 Å². The summed E-state index contributed by atoms with van der Waals surface area (Å²) in [5, 5.41) is 8.10. The number of ether oxygens (including phenoxy) is 1. The van der Waals surface area contributed by atoms with Gasteiger partial charge in [0.05, 0.1) is 12.7 Å². The lowest BCUT2D eigenvalue weighted by Gasteiger charge is -1.91. The molecule has 0 saturated carbocycles. The first kappa shape index (κ1) is 9.42. The Balaban J connectivity index is 3.61. The highest BCUT2D eigenvalue weighted by atomic mass is 16.5. The van der Waals surface area contributed by atoms with E-state index < -0.39 is 11.9 Å². The molecule has 0 aliphatic carbocycles. The van der Waals surface area contributed by atoms with Crippen LogP contribution in [0.25, 0.3) is 0 Å². The van der Waals surface area contributed by atoms with E-state index in [4.69, 9.17) is 5.11 Å². The Morgan fingerprint density at radius 2 is 2.18 bits per heavy atom. The Labute approximate surface area is 63.8 Å². The molecular formula is C7H8O4. The van der Waals surface area contributed by atoms with Crippen molar-refractivity contribution in [2.45, 2.75) is 6.42 Å². The number of hydrogen-bond acceptors (Lipinski definition) is 3. The predicted octanol–water partition coefficient (Wildman–Crippen LogP) is 0.704. The largest absolute Gasteiger partial charge is 0.478 e. The first-order chi connectivity index (χ1) is 5.16. The summed E-state index contributed by atoms with van der Waals surface area (Å²) in [5.41, 5.74) is 0. The summed E-state index contributed by atoms with van der Waals surface area (Å²) in [4.78, 5) is 20.4. The molecule has 0 heterocycles. The molecule has 0 unspecified atom stereocenters. The molecule has 0 aromatic carbocycles. The Kier molecular flexibility index (Phi) is 4.47. The van der Waals surface area contributed by atoms with Crippen LogP contribution in [0, 0.1) is 0 Å². The SMILES string of the molecule is C=COC(=O)CC=CC(=O)O. The van der Waals surface area contributed by atoms with Gasteiger partial charge in [0.2, 0.25) is 0 Å². The molecule has 0 radical (unpaired) electrons. The van der Waals surface area contributed by atoms with Gasteiger partial charge in [0.25, 0.3) is 0 Å². The molecule has 0 aliphatic heterocycles. The summed E-state index contributed by atoms with van der Waals surface area (Å²) < 4.78 is 4.30. The van der Waals surface area contributed by atoms with Crippen LogP contribution in [0.5, 0.6) is 0 Å². The summed E-state index contributed by atoms with van der Waals surface area (Å²) in [7, 11) is 0. The molecule has 0 atom stereocenters. The van der Waals surface area contributed by atoms with Crippen molar-refractivity contribution in [2.24, 2.45) is 0 Å². The van der Waals surface area contributed by atoms with E-state index in [9.17, 15) is 9.59 Å². The first-order valence-corrected chi connectivity index (χ1v) is 2.86. The fraction of sp³-hybridized carbons (Fsp3) is 0.143. The van der Waals surface area contributed by atoms with Crippen molar-refractivity contribution >= 4 is 11.9 Å². The zero-order chi connectivity index (χ0) is 8.69. The van der Waals surface area contributed by atoms with Gasteiger partial charge in [-0.1, -0.05) is 12.7 Å². The van der Waals surface area contributed by atoms with Crippen LogP contribution in [-0.4, -0.2) is 17.0 Å². The van der Waals surface area contributed by atoms with Crippen molar-refractivity contribution in [3.63, 3.8) is 0 Å². The third kappa shape index (κ3) is 6.30. The van der Waals surface area contributed by atoms with E-state index in [-0.39, 0.29) is 6.42 Å². The van der Waals surface area contributed by atoms with Gasteiger partial charge in [-0.3, -0.25) is 4.79 Å². The highest BCUT2D eigenvalue weighted by Crippen LogP contribution is 1.88. The fourth-order valence-corrected chi connectivity index (χ4v) is 0.397. The summed E-state index contributed by atoms with van der Waals surface area (Å²) in [5.74, 6) is -1.62. The molecular weight excluding hydrogens is 148 g/mol. The zero-order valence-corrected chi connectivity index (χ0v) is 5.82. The van der Waals surface area contributed by atoms with E-state index in [0.29, 0.717) is 0 Å². The molecule has 0 amide bonds. The van der Waals surface area contributed by atoms with E-state index in [2.05, 4.69) is 11.3 Å². The van der Waals surface area contributed by atoms with Gasteiger partial charge in [-0.15, -0.1) is 0 Å². The second-order valence-electron chi connectivity index (χ2n) is 1.60. The molecule has 0 spiro atoms. The number of carboxylic acids is 1. The number of esters is 1. The van der Waals surface area contributed by atoms with Gasteiger partial charge in [0, 0.05) is 6.08 Å². The smallest absolute Gasteiger partial charge is 0.327 e. The minimum Gasteiger partial charge on any atom is -0.478 e. The topological polar surface area (TPSA) is 63.6 Å². The minimum atomic E-state index is -1.09. The van der Waals surface area contributed by atoms with Crippen molar-refractivity contribution < 1.29 is 19.4 Å². The lowest BCUT2D eigenvalue weighted by molar-refractivity contribution is -0.136. The molecule has 60 valence electrons. The predicted molar refractivity (Wildman–Crippen MR) is 37.7 cm³/mol. The Morgan fingerprint density at radius 3 is 2.64 bits per heavy atom. The standard InChI is InChI=1S/C7H8O4/c1-2-11-7(10)5-3-4-6(8)9/h2-4H,1,5H2,(H,8,9). The highest BCUT2D eigenvalue weighted by molar-refractivity contribution is 5.81. The van der Waals surface area contributed by atoms with Gasteiger partial charge >= 0.3 is 11.9 Å². The molecule has 1 N–H and O–H groups in total. The quantitative estimate of drug-likeness (QED) is 0.369. The Morgan fingerprint density at radius 1 is 1.55 bits per heavy atom. The lowest BCUT2D eigenvalue weighted by Crippen LogP contribution is -1.96. The van der Waals surface area contributed by atoms with Gasteiger partial charge in [-0.2, -0.15) is 0 Å². The number of aliphatic carboxylic acids is 1. The number of carboxylic acid groups (broad SMARTS) is 1. The van der Waals surface area contributed by atoms with Crippen molar-refractivity contribution in [1.82, 2.24) is 0 Å². The molecule has 4 nitrogen and oxygen atoms in total. The van der Waals surface area contributed by atoms with E-state index in [1.807, 2.05) is 0 Å². The van der Waals surface area contributed by atoms with Crippen LogP contribution >= 0.6 is 0 Å². The van der Waals surface area contributed by atoms with Gasteiger partial charge in [0.15, 0.2) is 0 Å². The molecule has 0 rings (SSSR count). The molecule has 0 bridgehead atoms. The second-order valence-corrected chi connectivity index (χ2v) is 1.60. The molecule has 0 aromatic heterocycles. The maximum atomic E-state index is 10.5. The third-order valence-electron chi connectivity index (χ3n) is 0.760. The fourth-order valence-electron chi connectivity index (χ4n) is 0.397. The average Bonchev–Trinajstić information content (AvgIpc) is 1.87. The maximum absolute atomic E-state index is 10.5. The lowest BCUT2D eigenvalue weighted by atomic mass is 10.4. The third-order valence-corrected chi connectivity index (χ3v) is 0.760. The number of hydrogen-bond donors (Lipinski definition) is 1. The van der Waals surface area contributed by atoms with Crippen molar-refractivity contribution in [3.8, 4) is 0 Å². The van der Waals surface area contributed by atoms with Gasteiger partial charge < -0.3 is 9.84 Å². The first-order valence-electron chi connectivity index (χ1n) is 2.86. The summed E-state index contributed by atoms with van der Waals surface area (Å²) in [6.07, 6.45) is 3.02. The molecule has 0 fully saturated rings. The minimum absolute atomic E-state index is 0.0572. The van der Waals surface area contributed by atoms with Crippen LogP contribution in [0.2, 0.25) is 0 Å². The Hall–Kier alpha value is -1.58. The summed E-state index contributed by atoms with van der Waals surface area (Å²) in [6, 6.07) is 0. The van der Waals surface area contributed by atoms with Crippen molar-refractivity contribution in [1.29, 1.82) is 0 Å². The van der Waals surface area contributed by atoms with Crippen LogP contribution in [-0.2, 0) is 14.3 Å². The number of carbonyl (C=O) groups excluding carboxylic acids is 1. The molecule has 0 aromatic rings. The van der Waals surface area contributed by atoms with E-state index in [1.54, 1.807) is 0 Å². The van der Waals surface area contributed by atoms with Crippen LogP contribution in [0.15, 0.2) is 25.0 Å². The number of rotatable bonds is 4. The zero-order valence-electron chi connectivity index (χ0n) is 5.82. The van der Waals surface area contributed by atoms with Crippen molar-refractivity contribution in [3.05, 3.63) is 25.0 Å². The van der Waals surface area contributed by atoms with Crippen LogP contribution < -0.4 is 0 Å². The normalized spacial score (nSPS) is 9.45. The summed E-state index contributed by atoms with van der Waals surface area (Å²) in [6.45, 7) is 3.16. The Bertz CT molecular complexity index is 193. The molecule has 11 heavy (non-hydrogen) atoms. The molecule has 0 aliphatic rings. The number of carbonyl (C=O) groups is 2. The van der Waals surface area contributed by atoms with Crippen LogP contribution in [0.3, 0.4) is 0 Å². The van der Waals surface area contributed by atoms with Crippen LogP contribution in [0.1, 0.15) is 6.42 Å². The second kappa shape index (κ2) is 5.22. The van der Waals surface area contributed by atoms with Crippen molar-refractivity contribution in [2.75, 3.05) is 0 Å².